The monoisotopic (exact) mass is 332 g/mol. The zero-order valence-corrected chi connectivity index (χ0v) is 14.8. The maximum Gasteiger partial charge on any atom is 0.408 e. The van der Waals surface area contributed by atoms with Gasteiger partial charge in [-0.25, -0.2) is 9.59 Å². The fourth-order valence-electron chi connectivity index (χ4n) is 1.72. The minimum Gasteiger partial charge on any atom is -0.467 e. The van der Waals surface area contributed by atoms with Gasteiger partial charge in [0.25, 0.3) is 0 Å². The zero-order chi connectivity index (χ0) is 18.4. The van der Waals surface area contributed by atoms with Gasteiger partial charge in [-0.05, 0) is 33.6 Å². The molecule has 0 radical (unpaired) electrons. The molecule has 0 bridgehead atoms. The first kappa shape index (κ1) is 21.2. The Labute approximate surface area is 136 Å². The molecule has 3 N–H and O–H groups in total. The Bertz CT molecular complexity index is 428. The molecule has 0 aliphatic rings. The highest BCUT2D eigenvalue weighted by molar-refractivity contribution is 5.90. The van der Waals surface area contributed by atoms with E-state index >= 15 is 0 Å². The van der Waals surface area contributed by atoms with Gasteiger partial charge < -0.3 is 25.2 Å². The second-order valence-electron chi connectivity index (χ2n) is 6.62. The molecule has 0 aliphatic heterocycles. The first-order valence-electron chi connectivity index (χ1n) is 7.44. The minimum absolute atomic E-state index is 0.255. The molecule has 2 amide bonds. The average molecular weight is 332 g/mol. The summed E-state index contributed by atoms with van der Waals surface area (Å²) >= 11 is 0. The Morgan fingerprint density at radius 1 is 1.00 bits per heavy atom. The van der Waals surface area contributed by atoms with E-state index in [1.165, 1.54) is 6.92 Å². The van der Waals surface area contributed by atoms with E-state index in [1.54, 1.807) is 34.6 Å². The molecule has 0 aromatic carbocycles. The molecule has 134 valence electrons. The number of aliphatic hydroxyl groups is 1. The van der Waals surface area contributed by atoms with Crippen molar-refractivity contribution < 1.29 is 29.0 Å². The Morgan fingerprint density at radius 2 is 1.52 bits per heavy atom. The van der Waals surface area contributed by atoms with E-state index in [4.69, 9.17) is 4.74 Å². The number of ether oxygens (including phenoxy) is 2. The van der Waals surface area contributed by atoms with E-state index < -0.39 is 41.8 Å². The van der Waals surface area contributed by atoms with E-state index in [0.29, 0.717) is 0 Å². The molecule has 0 aromatic rings. The van der Waals surface area contributed by atoms with Gasteiger partial charge in [-0.3, -0.25) is 4.79 Å². The lowest BCUT2D eigenvalue weighted by molar-refractivity contribution is -0.148. The van der Waals surface area contributed by atoms with Gasteiger partial charge in [-0.2, -0.15) is 0 Å². The van der Waals surface area contributed by atoms with Gasteiger partial charge in [0.1, 0.15) is 11.6 Å². The molecule has 0 aromatic heterocycles. The van der Waals surface area contributed by atoms with Crippen LogP contribution in [0.1, 0.15) is 41.5 Å². The fourth-order valence-corrected chi connectivity index (χ4v) is 1.72. The lowest BCUT2D eigenvalue weighted by Crippen LogP contribution is -2.56. The van der Waals surface area contributed by atoms with Crippen LogP contribution in [0.5, 0.6) is 0 Å². The minimum atomic E-state index is -1.21. The molecule has 8 nitrogen and oxygen atoms in total. The van der Waals surface area contributed by atoms with Gasteiger partial charge in [-0.15, -0.1) is 0 Å². The summed E-state index contributed by atoms with van der Waals surface area (Å²) in [7, 11) is 1.16. The second-order valence-corrected chi connectivity index (χ2v) is 6.62. The summed E-state index contributed by atoms with van der Waals surface area (Å²) < 4.78 is 9.65. The van der Waals surface area contributed by atoms with Crippen molar-refractivity contribution in [2.45, 2.75) is 65.3 Å². The molecule has 0 rings (SSSR count). The highest BCUT2D eigenvalue weighted by Gasteiger charge is 2.32. The van der Waals surface area contributed by atoms with Crippen molar-refractivity contribution in [1.82, 2.24) is 10.6 Å². The van der Waals surface area contributed by atoms with Crippen molar-refractivity contribution in [3.8, 4) is 0 Å². The third kappa shape index (κ3) is 7.83. The van der Waals surface area contributed by atoms with Crippen molar-refractivity contribution in [1.29, 1.82) is 0 Å². The molecule has 0 saturated carbocycles. The Hall–Kier alpha value is -1.83. The third-order valence-corrected chi connectivity index (χ3v) is 2.86. The van der Waals surface area contributed by atoms with Crippen molar-refractivity contribution in [3.05, 3.63) is 0 Å². The maximum absolute atomic E-state index is 12.3. The van der Waals surface area contributed by atoms with Gasteiger partial charge >= 0.3 is 12.1 Å². The molecule has 0 spiro atoms. The summed E-state index contributed by atoms with van der Waals surface area (Å²) in [6, 6.07) is -2.13. The Morgan fingerprint density at radius 3 is 1.87 bits per heavy atom. The first-order valence-corrected chi connectivity index (χ1v) is 7.44. The largest absolute Gasteiger partial charge is 0.467 e. The van der Waals surface area contributed by atoms with Gasteiger partial charge in [-0.1, -0.05) is 13.8 Å². The molecule has 8 heteroatoms. The smallest absolute Gasteiger partial charge is 0.408 e. The van der Waals surface area contributed by atoms with Gasteiger partial charge in [0.15, 0.2) is 6.04 Å². The van der Waals surface area contributed by atoms with Crippen LogP contribution in [-0.4, -0.2) is 54.0 Å². The van der Waals surface area contributed by atoms with E-state index in [-0.39, 0.29) is 5.92 Å². The number of carbonyl (C=O) groups is 3. The van der Waals surface area contributed by atoms with Crippen LogP contribution in [0.15, 0.2) is 0 Å². The normalized spacial score (nSPS) is 15.3. The van der Waals surface area contributed by atoms with E-state index in [2.05, 4.69) is 15.4 Å². The number of nitrogens with one attached hydrogen (secondary N) is 2. The van der Waals surface area contributed by atoms with Crippen LogP contribution in [0.3, 0.4) is 0 Å². The molecular weight excluding hydrogens is 304 g/mol. The van der Waals surface area contributed by atoms with Crippen molar-refractivity contribution >= 4 is 18.0 Å². The van der Waals surface area contributed by atoms with Crippen LogP contribution in [-0.2, 0) is 19.1 Å². The second kappa shape index (κ2) is 8.71. The number of hydrogen-bond acceptors (Lipinski definition) is 6. The van der Waals surface area contributed by atoms with E-state index in [0.717, 1.165) is 7.11 Å². The maximum atomic E-state index is 12.3. The molecule has 23 heavy (non-hydrogen) atoms. The average Bonchev–Trinajstić information content (AvgIpc) is 2.38. The number of methoxy groups -OCH3 is 1. The van der Waals surface area contributed by atoms with Crippen LogP contribution in [0.2, 0.25) is 0 Å². The Balaban J connectivity index is 4.99. The van der Waals surface area contributed by atoms with Crippen LogP contribution < -0.4 is 10.6 Å². The highest BCUT2D eigenvalue weighted by atomic mass is 16.6. The number of esters is 1. The number of carbonyl (C=O) groups excluding carboxylic acids is 3. The van der Waals surface area contributed by atoms with Gasteiger partial charge in [0, 0.05) is 0 Å². The van der Waals surface area contributed by atoms with Gasteiger partial charge in [0.2, 0.25) is 5.91 Å². The number of alkyl carbamates (subject to hydrolysis) is 1. The fraction of sp³-hybridized carbons (Fsp3) is 0.800. The summed E-state index contributed by atoms with van der Waals surface area (Å²) in [5.41, 5.74) is -0.698. The highest BCUT2D eigenvalue weighted by Crippen LogP contribution is 2.09. The standard InChI is InChI=1S/C15H28N2O6/c1-8(2)10(17-14(21)23-15(4,5)6)12(19)16-11(9(3)18)13(20)22-7/h8-11,18H,1-7H3,(H,16,19)(H,17,21)/t9-,10-,11-/m0/s1. The predicted octanol–water partition coefficient (Wildman–Crippen LogP) is 0.574. The van der Waals surface area contributed by atoms with Crippen molar-refractivity contribution in [3.63, 3.8) is 0 Å². The summed E-state index contributed by atoms with van der Waals surface area (Å²) in [6.45, 7) is 9.94. The van der Waals surface area contributed by atoms with Crippen LogP contribution in [0, 0.1) is 5.92 Å². The molecule has 0 aliphatic carbocycles. The molecule has 0 fully saturated rings. The molecule has 0 heterocycles. The van der Waals surface area contributed by atoms with E-state index in [1.807, 2.05) is 0 Å². The zero-order valence-electron chi connectivity index (χ0n) is 14.8. The van der Waals surface area contributed by atoms with Crippen molar-refractivity contribution in [2.24, 2.45) is 5.92 Å². The quantitative estimate of drug-likeness (QED) is 0.613. The third-order valence-electron chi connectivity index (χ3n) is 2.86. The van der Waals surface area contributed by atoms with Gasteiger partial charge in [0.05, 0.1) is 13.2 Å². The summed E-state index contributed by atoms with van der Waals surface area (Å²) in [5, 5.41) is 14.4. The summed E-state index contributed by atoms with van der Waals surface area (Å²) in [6.07, 6.45) is -1.88. The molecule has 0 saturated heterocycles. The topological polar surface area (TPSA) is 114 Å². The van der Waals surface area contributed by atoms with Crippen LogP contribution in [0.4, 0.5) is 4.79 Å². The van der Waals surface area contributed by atoms with Crippen LogP contribution in [0.25, 0.3) is 0 Å². The Kier molecular flexibility index (Phi) is 8.02. The first-order chi connectivity index (χ1) is 10.4. The lowest BCUT2D eigenvalue weighted by atomic mass is 10.0. The number of rotatable bonds is 6. The van der Waals surface area contributed by atoms with Crippen LogP contribution >= 0.6 is 0 Å². The molecule has 3 atom stereocenters. The predicted molar refractivity (Wildman–Crippen MR) is 83.6 cm³/mol. The summed E-state index contributed by atoms with van der Waals surface area (Å²) in [4.78, 5) is 35.7. The van der Waals surface area contributed by atoms with Crippen molar-refractivity contribution in [2.75, 3.05) is 7.11 Å². The lowest BCUT2D eigenvalue weighted by Gasteiger charge is -2.27. The molecular formula is C15H28N2O6. The van der Waals surface area contributed by atoms with E-state index in [9.17, 15) is 19.5 Å². The number of aliphatic hydroxyl groups excluding tert-OH is 1. The number of amides is 2. The summed E-state index contributed by atoms with van der Waals surface area (Å²) in [5.74, 6) is -1.63. The molecule has 0 unspecified atom stereocenters. The number of hydrogen-bond donors (Lipinski definition) is 3. The SMILES string of the molecule is COC(=O)[C@@H](NC(=O)[C@@H](NC(=O)OC(C)(C)C)C(C)C)[C@H](C)O.